The van der Waals surface area contributed by atoms with Crippen LogP contribution >= 0.6 is 11.6 Å². The Morgan fingerprint density at radius 1 is 1.03 bits per heavy atom. The van der Waals surface area contributed by atoms with Crippen LogP contribution in [0.3, 0.4) is 0 Å². The van der Waals surface area contributed by atoms with Crippen LogP contribution in [0.25, 0.3) is 5.69 Å². The molecule has 0 bridgehead atoms. The number of nitrogens with zero attached hydrogens (tertiary/aromatic N) is 3. The number of carbonyl (C=O) groups is 1. The summed E-state index contributed by atoms with van der Waals surface area (Å²) in [5.41, 5.74) is 5.92. The first-order chi connectivity index (χ1) is 18.1. The molecule has 0 saturated carbocycles. The number of halogens is 2. The lowest BCUT2D eigenvalue weighted by Crippen LogP contribution is -2.40. The number of aryl methyl sites for hydroxylation is 2. The molecule has 0 spiro atoms. The van der Waals surface area contributed by atoms with E-state index in [0.29, 0.717) is 21.8 Å². The van der Waals surface area contributed by atoms with Crippen LogP contribution in [0, 0.1) is 26.6 Å². The number of sulfonamides is 1. The maximum Gasteiger partial charge on any atom is 0.264 e. The number of para-hydroxylation sites is 1. The van der Waals surface area contributed by atoms with Gasteiger partial charge in [-0.15, -0.1) is 0 Å². The molecule has 0 atom stereocenters. The van der Waals surface area contributed by atoms with Crippen molar-refractivity contribution in [2.45, 2.75) is 25.7 Å². The summed E-state index contributed by atoms with van der Waals surface area (Å²) < 4.78 is 44.1. The Morgan fingerprint density at radius 2 is 1.71 bits per heavy atom. The second-order valence-corrected chi connectivity index (χ2v) is 11.0. The molecule has 196 valence electrons. The lowest BCUT2D eigenvalue weighted by Gasteiger charge is -2.25. The van der Waals surface area contributed by atoms with Gasteiger partial charge in [0.25, 0.3) is 15.9 Å². The van der Waals surface area contributed by atoms with Gasteiger partial charge in [-0.1, -0.05) is 48.0 Å². The van der Waals surface area contributed by atoms with E-state index >= 15 is 0 Å². The summed E-state index contributed by atoms with van der Waals surface area (Å²) in [5, 5.41) is 4.37. The Bertz CT molecular complexity index is 1620. The normalized spacial score (nSPS) is 11.6. The Hall–Kier alpha value is -3.95. The number of benzene rings is 3. The van der Waals surface area contributed by atoms with Gasteiger partial charge in [-0.2, -0.15) is 5.10 Å². The van der Waals surface area contributed by atoms with E-state index < -0.39 is 22.5 Å². The molecular weight excluding hydrogens is 527 g/mol. The summed E-state index contributed by atoms with van der Waals surface area (Å²) >= 11 is 6.16. The Morgan fingerprint density at radius 3 is 2.42 bits per heavy atom. The zero-order valence-electron chi connectivity index (χ0n) is 21.0. The minimum atomic E-state index is -4.09. The zero-order valence-corrected chi connectivity index (χ0v) is 22.6. The third-order valence-electron chi connectivity index (χ3n) is 6.01. The molecule has 0 aliphatic carbocycles. The topological polar surface area (TPSA) is 83.8 Å². The monoisotopic (exact) mass is 552 g/mol. The van der Waals surface area contributed by atoms with Crippen molar-refractivity contribution in [2.24, 2.45) is 5.10 Å². The Balaban J connectivity index is 1.58. The van der Waals surface area contributed by atoms with Crippen LogP contribution in [-0.2, 0) is 14.8 Å². The van der Waals surface area contributed by atoms with E-state index in [1.165, 1.54) is 30.5 Å². The van der Waals surface area contributed by atoms with Gasteiger partial charge in [0.15, 0.2) is 0 Å². The molecule has 0 aliphatic rings. The molecule has 7 nitrogen and oxygen atoms in total. The number of nitrogens with one attached hydrogen (secondary N) is 1. The van der Waals surface area contributed by atoms with Crippen molar-refractivity contribution in [3.8, 4) is 5.69 Å². The zero-order chi connectivity index (χ0) is 27.4. The van der Waals surface area contributed by atoms with Gasteiger partial charge in [0.2, 0.25) is 0 Å². The number of anilines is 1. The van der Waals surface area contributed by atoms with Gasteiger partial charge in [0.05, 0.1) is 22.5 Å². The van der Waals surface area contributed by atoms with Crippen molar-refractivity contribution in [1.29, 1.82) is 0 Å². The fourth-order valence-corrected chi connectivity index (χ4v) is 5.80. The quantitative estimate of drug-likeness (QED) is 0.230. The number of rotatable bonds is 8. The molecule has 0 saturated heterocycles. The molecule has 10 heteroatoms. The molecule has 1 aromatic heterocycles. The van der Waals surface area contributed by atoms with E-state index in [4.69, 9.17) is 11.6 Å². The molecule has 0 fully saturated rings. The molecule has 1 heterocycles. The molecule has 1 amide bonds. The molecular formula is C28H26ClFN4O3S. The van der Waals surface area contributed by atoms with Gasteiger partial charge < -0.3 is 4.57 Å². The van der Waals surface area contributed by atoms with Crippen LogP contribution < -0.4 is 9.73 Å². The summed E-state index contributed by atoms with van der Waals surface area (Å²) in [6.07, 6.45) is 1.44. The van der Waals surface area contributed by atoms with E-state index in [1.807, 2.05) is 19.9 Å². The second kappa shape index (κ2) is 11.2. The van der Waals surface area contributed by atoms with Gasteiger partial charge >= 0.3 is 0 Å². The largest absolute Gasteiger partial charge is 0.315 e. The molecule has 4 aromatic rings. The number of hydrogen-bond donors (Lipinski definition) is 1. The molecule has 4 rings (SSSR count). The summed E-state index contributed by atoms with van der Waals surface area (Å²) in [6, 6.07) is 20.9. The molecule has 0 unspecified atom stereocenters. The van der Waals surface area contributed by atoms with E-state index in [1.54, 1.807) is 60.0 Å². The summed E-state index contributed by atoms with van der Waals surface area (Å²) in [4.78, 5) is 12.9. The van der Waals surface area contributed by atoms with Crippen LogP contribution in [0.1, 0.15) is 22.5 Å². The first-order valence-corrected chi connectivity index (χ1v) is 13.5. The van der Waals surface area contributed by atoms with Crippen molar-refractivity contribution in [1.82, 2.24) is 9.99 Å². The van der Waals surface area contributed by atoms with Crippen LogP contribution in [0.2, 0.25) is 5.02 Å². The first-order valence-electron chi connectivity index (χ1n) is 11.7. The van der Waals surface area contributed by atoms with E-state index in [-0.39, 0.29) is 16.4 Å². The fourth-order valence-electron chi connectivity index (χ4n) is 4.13. The smallest absolute Gasteiger partial charge is 0.264 e. The molecule has 3 aromatic carbocycles. The average Bonchev–Trinajstić information content (AvgIpc) is 3.17. The predicted octanol–water partition coefficient (Wildman–Crippen LogP) is 5.54. The van der Waals surface area contributed by atoms with Gasteiger partial charge in [-0.05, 0) is 68.8 Å². The van der Waals surface area contributed by atoms with E-state index in [2.05, 4.69) is 10.5 Å². The highest BCUT2D eigenvalue weighted by molar-refractivity contribution is 7.92. The van der Waals surface area contributed by atoms with E-state index in [9.17, 15) is 17.6 Å². The van der Waals surface area contributed by atoms with Gasteiger partial charge in [0, 0.05) is 22.0 Å². The maximum absolute atomic E-state index is 14.4. The highest BCUT2D eigenvalue weighted by atomic mass is 35.5. The molecule has 1 N–H and O–H groups in total. The fraction of sp³-hybridized carbons (Fsp3) is 0.143. The number of carbonyl (C=O) groups excluding carboxylic acids is 1. The van der Waals surface area contributed by atoms with Gasteiger partial charge in [-0.25, -0.2) is 18.2 Å². The minimum Gasteiger partial charge on any atom is -0.315 e. The van der Waals surface area contributed by atoms with Crippen molar-refractivity contribution >= 4 is 39.4 Å². The maximum atomic E-state index is 14.4. The summed E-state index contributed by atoms with van der Waals surface area (Å²) in [7, 11) is -4.09. The molecule has 38 heavy (non-hydrogen) atoms. The van der Waals surface area contributed by atoms with E-state index in [0.717, 1.165) is 15.7 Å². The lowest BCUT2D eigenvalue weighted by atomic mass is 10.2. The number of amides is 1. The van der Waals surface area contributed by atoms with Crippen LogP contribution in [0.5, 0.6) is 0 Å². The predicted molar refractivity (Wildman–Crippen MR) is 148 cm³/mol. The minimum absolute atomic E-state index is 0.0382. The van der Waals surface area contributed by atoms with Crippen molar-refractivity contribution in [2.75, 3.05) is 10.8 Å². The van der Waals surface area contributed by atoms with Crippen LogP contribution in [-0.4, -0.2) is 31.7 Å². The Labute approximate surface area is 226 Å². The molecule has 0 radical (unpaired) electrons. The van der Waals surface area contributed by atoms with Gasteiger partial charge in [-0.3, -0.25) is 9.10 Å². The van der Waals surface area contributed by atoms with Crippen molar-refractivity contribution < 1.29 is 17.6 Å². The standard InChI is InChI=1S/C28H26ClFN4O3S/c1-19-13-14-23(29)16-27(19)33(38(36,37)24-9-5-4-6-10-24)18-28(35)32-31-17-22-15-20(2)34(21(22)3)26-12-8-7-11-25(26)30/h4-17H,18H2,1-3H3,(H,32,35)/b31-17+. The summed E-state index contributed by atoms with van der Waals surface area (Å²) in [6.45, 7) is 4.87. The number of hydrazone groups is 1. The average molecular weight is 553 g/mol. The van der Waals surface area contributed by atoms with Crippen LogP contribution in [0.4, 0.5) is 10.1 Å². The third kappa shape index (κ3) is 5.64. The van der Waals surface area contributed by atoms with Crippen molar-refractivity contribution in [3.63, 3.8) is 0 Å². The molecule has 0 aliphatic heterocycles. The lowest BCUT2D eigenvalue weighted by molar-refractivity contribution is -0.119. The Kier molecular flexibility index (Phi) is 7.99. The number of hydrogen-bond acceptors (Lipinski definition) is 4. The SMILES string of the molecule is Cc1ccc(Cl)cc1N(CC(=O)N/N=C/c1cc(C)n(-c2ccccc2F)c1C)S(=O)(=O)c1ccccc1. The highest BCUT2D eigenvalue weighted by Gasteiger charge is 2.28. The summed E-state index contributed by atoms with van der Waals surface area (Å²) in [5.74, 6) is -1.01. The second-order valence-electron chi connectivity index (χ2n) is 8.66. The van der Waals surface area contributed by atoms with Crippen LogP contribution in [0.15, 0.2) is 88.9 Å². The van der Waals surface area contributed by atoms with Gasteiger partial charge in [0.1, 0.15) is 12.4 Å². The first kappa shape index (κ1) is 27.1. The highest BCUT2D eigenvalue weighted by Crippen LogP contribution is 2.29. The van der Waals surface area contributed by atoms with Crippen molar-refractivity contribution in [3.05, 3.63) is 112 Å². The third-order valence-corrected chi connectivity index (χ3v) is 8.02. The number of aromatic nitrogens is 1.